The molecule has 0 aliphatic rings. The molecule has 0 bridgehead atoms. The van der Waals surface area contributed by atoms with E-state index in [1.165, 1.54) is 11.8 Å². The van der Waals surface area contributed by atoms with Gasteiger partial charge in [0.2, 0.25) is 5.91 Å². The molecule has 0 spiro atoms. The molecule has 9 heteroatoms. The van der Waals surface area contributed by atoms with Crippen molar-refractivity contribution in [3.63, 3.8) is 0 Å². The zero-order valence-electron chi connectivity index (χ0n) is 19.0. The topological polar surface area (TPSA) is 105 Å². The van der Waals surface area contributed by atoms with Crippen LogP contribution in [-0.4, -0.2) is 29.5 Å². The molecular formula is C26H24ClN3O3S2. The van der Waals surface area contributed by atoms with Crippen LogP contribution in [0.15, 0.2) is 75.4 Å². The average molecular weight is 526 g/mol. The van der Waals surface area contributed by atoms with Crippen molar-refractivity contribution < 1.29 is 14.7 Å². The highest BCUT2D eigenvalue weighted by atomic mass is 35.5. The van der Waals surface area contributed by atoms with Crippen molar-refractivity contribution in [2.45, 2.75) is 13.3 Å². The Kier molecular flexibility index (Phi) is 9.42. The van der Waals surface area contributed by atoms with Gasteiger partial charge in [-0.05, 0) is 54.1 Å². The van der Waals surface area contributed by atoms with Crippen molar-refractivity contribution in [1.29, 1.82) is 0 Å². The van der Waals surface area contributed by atoms with Crippen molar-refractivity contribution in [2.24, 2.45) is 10.1 Å². The van der Waals surface area contributed by atoms with E-state index in [9.17, 15) is 9.59 Å². The number of carboxylic acid groups (broad SMARTS) is 1. The van der Waals surface area contributed by atoms with Crippen molar-refractivity contribution >= 4 is 65.3 Å². The number of nitrogens with zero attached hydrogens (tertiary/aromatic N) is 1. The third kappa shape index (κ3) is 7.65. The standard InChI is InChI=1S/C26H24ClN3O3S2/c1-16-3-12-21(22(27)13-16)25(28)26(35-29-2)34-15-23(31)30-20-10-8-19(9-11-20)18-6-4-17(5-7-18)14-24(32)33/h3-13H,2,14-15,28H2,1H3,(H,30,31)(H,32,33)/b26-25-. The fourth-order valence-corrected chi connectivity index (χ4v) is 5.03. The van der Waals surface area contributed by atoms with E-state index in [1.807, 2.05) is 61.5 Å². The second-order valence-corrected chi connectivity index (χ2v) is 10.1. The summed E-state index contributed by atoms with van der Waals surface area (Å²) >= 11 is 8.71. The maximum absolute atomic E-state index is 12.5. The van der Waals surface area contributed by atoms with Gasteiger partial charge in [0.25, 0.3) is 0 Å². The minimum atomic E-state index is -0.861. The van der Waals surface area contributed by atoms with E-state index >= 15 is 0 Å². The molecule has 0 radical (unpaired) electrons. The van der Waals surface area contributed by atoms with Crippen LogP contribution < -0.4 is 11.1 Å². The van der Waals surface area contributed by atoms with Gasteiger partial charge in [0.1, 0.15) is 0 Å². The highest BCUT2D eigenvalue weighted by molar-refractivity contribution is 8.22. The quantitative estimate of drug-likeness (QED) is 0.213. The lowest BCUT2D eigenvalue weighted by Crippen LogP contribution is -2.14. The first-order chi connectivity index (χ1) is 16.8. The number of halogens is 1. The van der Waals surface area contributed by atoms with Crippen LogP contribution in [0.1, 0.15) is 16.7 Å². The van der Waals surface area contributed by atoms with E-state index in [2.05, 4.69) is 16.4 Å². The van der Waals surface area contributed by atoms with Crippen LogP contribution in [0.2, 0.25) is 5.02 Å². The van der Waals surface area contributed by atoms with Gasteiger partial charge in [0.05, 0.1) is 27.1 Å². The number of carbonyl (C=O) groups excluding carboxylic acids is 1. The number of hydrogen-bond donors (Lipinski definition) is 3. The van der Waals surface area contributed by atoms with Gasteiger partial charge in [-0.1, -0.05) is 60.1 Å². The smallest absolute Gasteiger partial charge is 0.307 e. The lowest BCUT2D eigenvalue weighted by atomic mass is 10.0. The van der Waals surface area contributed by atoms with Crippen molar-refractivity contribution in [3.05, 3.63) is 92.7 Å². The first kappa shape index (κ1) is 26.4. The second-order valence-electron chi connectivity index (χ2n) is 7.59. The summed E-state index contributed by atoms with van der Waals surface area (Å²) in [5, 5.41) is 12.3. The van der Waals surface area contributed by atoms with Gasteiger partial charge in [-0.15, -0.1) is 11.8 Å². The second kappa shape index (κ2) is 12.5. The Bertz CT molecular complexity index is 1260. The molecule has 0 aromatic heterocycles. The van der Waals surface area contributed by atoms with Crippen LogP contribution in [0.3, 0.4) is 0 Å². The molecule has 35 heavy (non-hydrogen) atoms. The Morgan fingerprint density at radius 3 is 2.26 bits per heavy atom. The van der Waals surface area contributed by atoms with Crippen LogP contribution in [0.25, 0.3) is 16.8 Å². The fourth-order valence-electron chi connectivity index (χ4n) is 3.22. The first-order valence-electron chi connectivity index (χ1n) is 10.5. The minimum Gasteiger partial charge on any atom is -0.481 e. The Morgan fingerprint density at radius 1 is 1.06 bits per heavy atom. The minimum absolute atomic E-state index is 0.00869. The van der Waals surface area contributed by atoms with Crippen molar-refractivity contribution in [2.75, 3.05) is 11.1 Å². The number of rotatable bonds is 10. The number of aliphatic carboxylic acids is 1. The summed E-state index contributed by atoms with van der Waals surface area (Å²) in [6.45, 7) is 5.45. The molecule has 3 rings (SSSR count). The van der Waals surface area contributed by atoms with Gasteiger partial charge < -0.3 is 16.2 Å². The molecule has 0 heterocycles. The summed E-state index contributed by atoms with van der Waals surface area (Å²) < 4.78 is 4.50. The summed E-state index contributed by atoms with van der Waals surface area (Å²) in [6, 6.07) is 20.4. The van der Waals surface area contributed by atoms with Gasteiger partial charge in [0, 0.05) is 23.2 Å². The van der Waals surface area contributed by atoms with Crippen molar-refractivity contribution in [1.82, 2.24) is 0 Å². The normalized spacial score (nSPS) is 11.5. The molecule has 0 aliphatic heterocycles. The number of anilines is 1. The van der Waals surface area contributed by atoms with Gasteiger partial charge in [-0.2, -0.15) is 0 Å². The Balaban J connectivity index is 1.63. The van der Waals surface area contributed by atoms with E-state index in [0.29, 0.717) is 26.2 Å². The summed E-state index contributed by atoms with van der Waals surface area (Å²) in [7, 11) is 0. The monoisotopic (exact) mass is 525 g/mol. The SMILES string of the molecule is C=NS/C(SCC(=O)Nc1ccc(-c2ccc(CC(=O)O)cc2)cc1)=C(\N)c1ccc(C)cc1Cl. The van der Waals surface area contributed by atoms with Crippen LogP contribution in [-0.2, 0) is 16.0 Å². The maximum Gasteiger partial charge on any atom is 0.307 e. The molecule has 0 atom stereocenters. The van der Waals surface area contributed by atoms with Gasteiger partial charge in [0.15, 0.2) is 0 Å². The lowest BCUT2D eigenvalue weighted by molar-refractivity contribution is -0.136. The molecule has 0 saturated heterocycles. The van der Waals surface area contributed by atoms with E-state index in [-0.39, 0.29) is 18.1 Å². The summed E-state index contributed by atoms with van der Waals surface area (Å²) in [5.74, 6) is -0.917. The number of benzene rings is 3. The molecule has 1 amide bonds. The van der Waals surface area contributed by atoms with E-state index in [4.69, 9.17) is 22.4 Å². The van der Waals surface area contributed by atoms with Crippen LogP contribution in [0, 0.1) is 6.92 Å². The van der Waals surface area contributed by atoms with Gasteiger partial charge >= 0.3 is 5.97 Å². The molecular weight excluding hydrogens is 502 g/mol. The van der Waals surface area contributed by atoms with Gasteiger partial charge in [-0.25, -0.2) is 4.40 Å². The molecule has 3 aromatic rings. The molecule has 3 aromatic carbocycles. The number of carboxylic acids is 1. The summed E-state index contributed by atoms with van der Waals surface area (Å²) in [5.41, 5.74) is 11.8. The number of aryl methyl sites for hydroxylation is 1. The number of hydrogen-bond acceptors (Lipinski definition) is 6. The van der Waals surface area contributed by atoms with E-state index in [0.717, 1.165) is 34.2 Å². The third-order valence-electron chi connectivity index (χ3n) is 4.93. The van der Waals surface area contributed by atoms with Gasteiger partial charge in [-0.3, -0.25) is 9.59 Å². The van der Waals surface area contributed by atoms with Crippen LogP contribution in [0.5, 0.6) is 0 Å². The molecule has 6 nitrogen and oxygen atoms in total. The number of carbonyl (C=O) groups is 2. The van der Waals surface area contributed by atoms with Crippen LogP contribution in [0.4, 0.5) is 5.69 Å². The summed E-state index contributed by atoms with van der Waals surface area (Å²) in [6.07, 6.45) is -0.00869. The molecule has 0 fully saturated rings. The third-order valence-corrected chi connectivity index (χ3v) is 7.22. The Hall–Kier alpha value is -3.20. The van der Waals surface area contributed by atoms with E-state index in [1.54, 1.807) is 12.1 Å². The predicted octanol–water partition coefficient (Wildman–Crippen LogP) is 6.25. The predicted molar refractivity (Wildman–Crippen MR) is 149 cm³/mol. The average Bonchev–Trinajstić information content (AvgIpc) is 2.82. The molecule has 0 unspecified atom stereocenters. The van der Waals surface area contributed by atoms with Crippen molar-refractivity contribution in [3.8, 4) is 11.1 Å². The maximum atomic E-state index is 12.5. The molecule has 0 aliphatic carbocycles. The zero-order chi connectivity index (χ0) is 25.4. The largest absolute Gasteiger partial charge is 0.481 e. The van der Waals surface area contributed by atoms with E-state index < -0.39 is 5.97 Å². The number of thioether (sulfide) groups is 1. The molecule has 0 saturated carbocycles. The number of nitrogens with two attached hydrogens (primary N) is 1. The van der Waals surface area contributed by atoms with Crippen LogP contribution >= 0.6 is 35.3 Å². The molecule has 4 N–H and O–H groups in total. The number of amides is 1. The highest BCUT2D eigenvalue weighted by Crippen LogP contribution is 2.36. The lowest BCUT2D eigenvalue weighted by Gasteiger charge is -2.11. The Morgan fingerprint density at radius 2 is 1.69 bits per heavy atom. The first-order valence-corrected chi connectivity index (χ1v) is 12.6. The fraction of sp³-hybridized carbons (Fsp3) is 0.115. The highest BCUT2D eigenvalue weighted by Gasteiger charge is 2.13. The number of nitrogens with one attached hydrogen (secondary N) is 1. The molecule has 180 valence electrons. The Labute approximate surface area is 217 Å². The summed E-state index contributed by atoms with van der Waals surface area (Å²) in [4.78, 5) is 23.4. The zero-order valence-corrected chi connectivity index (χ0v) is 21.3.